The molecule has 3 aromatic rings. The lowest BCUT2D eigenvalue weighted by atomic mass is 10.1. The van der Waals surface area contributed by atoms with Crippen molar-refractivity contribution in [2.24, 2.45) is 0 Å². The molecule has 3 aromatic carbocycles. The number of nitrogens with one attached hydrogen (secondary N) is 2. The minimum Gasteiger partial charge on any atom is -0.497 e. The number of anilines is 2. The predicted octanol–water partition coefficient (Wildman–Crippen LogP) is 4.70. The van der Waals surface area contributed by atoms with Gasteiger partial charge in [-0.2, -0.15) is 0 Å². The largest absolute Gasteiger partial charge is 0.497 e. The SMILES string of the molecule is COc1ccc(OC)c(NC(=O)CSc2ccc(NC(=O)c3c(OC)cccc3OC)cc2)c1. The summed E-state index contributed by atoms with van der Waals surface area (Å²) in [4.78, 5) is 26.1. The molecule has 0 fully saturated rings. The van der Waals surface area contributed by atoms with E-state index in [1.54, 1.807) is 55.6 Å². The molecule has 0 radical (unpaired) electrons. The lowest BCUT2D eigenvalue weighted by molar-refractivity contribution is -0.113. The average molecular weight is 483 g/mol. The molecule has 3 rings (SSSR count). The van der Waals surface area contributed by atoms with Gasteiger partial charge < -0.3 is 29.6 Å². The van der Waals surface area contributed by atoms with Crippen molar-refractivity contribution in [3.05, 3.63) is 66.2 Å². The molecule has 34 heavy (non-hydrogen) atoms. The van der Waals surface area contributed by atoms with Crippen molar-refractivity contribution in [3.8, 4) is 23.0 Å². The first-order chi connectivity index (χ1) is 16.5. The third-order valence-corrected chi connectivity index (χ3v) is 5.83. The van der Waals surface area contributed by atoms with Crippen LogP contribution in [0, 0.1) is 0 Å². The number of thioether (sulfide) groups is 1. The van der Waals surface area contributed by atoms with E-state index in [4.69, 9.17) is 18.9 Å². The van der Waals surface area contributed by atoms with Crippen molar-refractivity contribution in [1.29, 1.82) is 0 Å². The Balaban J connectivity index is 1.60. The van der Waals surface area contributed by atoms with Crippen molar-refractivity contribution >= 4 is 35.0 Å². The van der Waals surface area contributed by atoms with E-state index in [1.807, 2.05) is 12.1 Å². The van der Waals surface area contributed by atoms with E-state index in [0.29, 0.717) is 39.9 Å². The zero-order valence-electron chi connectivity index (χ0n) is 19.3. The molecule has 0 spiro atoms. The summed E-state index contributed by atoms with van der Waals surface area (Å²) in [7, 11) is 6.09. The monoisotopic (exact) mass is 482 g/mol. The minimum atomic E-state index is -0.346. The summed E-state index contributed by atoms with van der Waals surface area (Å²) >= 11 is 1.37. The molecule has 8 nitrogen and oxygen atoms in total. The molecule has 0 aromatic heterocycles. The van der Waals surface area contributed by atoms with E-state index < -0.39 is 0 Å². The molecular formula is C25H26N2O6S. The highest BCUT2D eigenvalue weighted by molar-refractivity contribution is 8.00. The van der Waals surface area contributed by atoms with E-state index >= 15 is 0 Å². The summed E-state index contributed by atoms with van der Waals surface area (Å²) in [5.74, 6) is 1.67. The van der Waals surface area contributed by atoms with Crippen molar-refractivity contribution in [2.75, 3.05) is 44.8 Å². The average Bonchev–Trinajstić information content (AvgIpc) is 2.87. The number of hydrogen-bond donors (Lipinski definition) is 2. The molecule has 0 aliphatic carbocycles. The van der Waals surface area contributed by atoms with E-state index in [0.717, 1.165) is 4.90 Å². The van der Waals surface area contributed by atoms with E-state index in [-0.39, 0.29) is 17.6 Å². The van der Waals surface area contributed by atoms with Crippen LogP contribution in [0.4, 0.5) is 11.4 Å². The smallest absolute Gasteiger partial charge is 0.263 e. The Hall–Kier alpha value is -3.85. The second kappa shape index (κ2) is 11.9. The molecule has 0 aliphatic rings. The first kappa shape index (κ1) is 24.8. The highest BCUT2D eigenvalue weighted by Crippen LogP contribution is 2.31. The number of rotatable bonds is 10. The van der Waals surface area contributed by atoms with Crippen LogP contribution in [0.5, 0.6) is 23.0 Å². The van der Waals surface area contributed by atoms with E-state index in [9.17, 15) is 9.59 Å². The fourth-order valence-electron chi connectivity index (χ4n) is 3.15. The summed E-state index contributed by atoms with van der Waals surface area (Å²) in [6.45, 7) is 0. The van der Waals surface area contributed by atoms with Crippen molar-refractivity contribution in [1.82, 2.24) is 0 Å². The first-order valence-electron chi connectivity index (χ1n) is 10.3. The summed E-state index contributed by atoms with van der Waals surface area (Å²) in [5.41, 5.74) is 1.46. The summed E-state index contributed by atoms with van der Waals surface area (Å²) < 4.78 is 21.1. The molecule has 0 heterocycles. The predicted molar refractivity (Wildman–Crippen MR) is 133 cm³/mol. The second-order valence-corrected chi connectivity index (χ2v) is 7.97. The maximum atomic E-state index is 12.8. The van der Waals surface area contributed by atoms with Crippen LogP contribution in [-0.4, -0.2) is 46.0 Å². The Morgan fingerprint density at radius 3 is 2.00 bits per heavy atom. The van der Waals surface area contributed by atoms with Gasteiger partial charge in [-0.3, -0.25) is 9.59 Å². The quantitative estimate of drug-likeness (QED) is 0.404. The lowest BCUT2D eigenvalue weighted by Crippen LogP contribution is -2.15. The fourth-order valence-corrected chi connectivity index (χ4v) is 3.85. The van der Waals surface area contributed by atoms with Gasteiger partial charge in [0, 0.05) is 16.6 Å². The number of amides is 2. The molecule has 0 atom stereocenters. The van der Waals surface area contributed by atoms with Gasteiger partial charge in [-0.05, 0) is 48.5 Å². The fraction of sp³-hybridized carbons (Fsp3) is 0.200. The third kappa shape index (κ3) is 6.14. The molecule has 9 heteroatoms. The number of ether oxygens (including phenoxy) is 4. The van der Waals surface area contributed by atoms with Crippen molar-refractivity contribution in [3.63, 3.8) is 0 Å². The first-order valence-corrected chi connectivity index (χ1v) is 11.2. The summed E-state index contributed by atoms with van der Waals surface area (Å²) in [6.07, 6.45) is 0. The van der Waals surface area contributed by atoms with Gasteiger partial charge in [0.05, 0.1) is 39.9 Å². The van der Waals surface area contributed by atoms with E-state index in [1.165, 1.54) is 33.1 Å². The van der Waals surface area contributed by atoms with Crippen LogP contribution in [0.2, 0.25) is 0 Å². The van der Waals surface area contributed by atoms with Gasteiger partial charge in [0.1, 0.15) is 28.6 Å². The maximum Gasteiger partial charge on any atom is 0.263 e. The third-order valence-electron chi connectivity index (χ3n) is 4.82. The summed E-state index contributed by atoms with van der Waals surface area (Å²) in [6, 6.07) is 17.5. The standard InChI is InChI=1S/C25H26N2O6S/c1-30-17-10-13-20(31-2)19(14-17)27-23(28)15-34-18-11-8-16(9-12-18)26-25(29)24-21(32-3)6-5-7-22(24)33-4/h5-14H,15H2,1-4H3,(H,26,29)(H,27,28). The molecule has 2 amide bonds. The molecule has 178 valence electrons. The number of carbonyl (C=O) groups is 2. The highest BCUT2D eigenvalue weighted by atomic mass is 32.2. The van der Waals surface area contributed by atoms with Gasteiger partial charge in [0.2, 0.25) is 5.91 Å². The van der Waals surface area contributed by atoms with Gasteiger partial charge >= 0.3 is 0 Å². The van der Waals surface area contributed by atoms with Gasteiger partial charge in [0.25, 0.3) is 5.91 Å². The van der Waals surface area contributed by atoms with Gasteiger partial charge in [0.15, 0.2) is 0 Å². The van der Waals surface area contributed by atoms with Gasteiger partial charge in [-0.1, -0.05) is 6.07 Å². The Kier molecular flexibility index (Phi) is 8.64. The number of benzene rings is 3. The van der Waals surface area contributed by atoms with Crippen molar-refractivity contribution in [2.45, 2.75) is 4.90 Å². The molecule has 0 aliphatic heterocycles. The topological polar surface area (TPSA) is 95.1 Å². The van der Waals surface area contributed by atoms with Gasteiger partial charge in [-0.15, -0.1) is 11.8 Å². The molecular weight excluding hydrogens is 456 g/mol. The van der Waals surface area contributed by atoms with Crippen LogP contribution in [0.25, 0.3) is 0 Å². The van der Waals surface area contributed by atoms with Crippen LogP contribution >= 0.6 is 11.8 Å². The molecule has 2 N–H and O–H groups in total. The van der Waals surface area contributed by atoms with Crippen LogP contribution < -0.4 is 29.6 Å². The van der Waals surface area contributed by atoms with Crippen LogP contribution in [-0.2, 0) is 4.79 Å². The van der Waals surface area contributed by atoms with Crippen molar-refractivity contribution < 1.29 is 28.5 Å². The number of hydrogen-bond acceptors (Lipinski definition) is 7. The van der Waals surface area contributed by atoms with Crippen LogP contribution in [0.1, 0.15) is 10.4 Å². The second-order valence-electron chi connectivity index (χ2n) is 6.92. The lowest BCUT2D eigenvalue weighted by Gasteiger charge is -2.13. The number of carbonyl (C=O) groups excluding carboxylic acids is 2. The Labute approximate surface area is 202 Å². The Morgan fingerprint density at radius 2 is 1.41 bits per heavy atom. The highest BCUT2D eigenvalue weighted by Gasteiger charge is 2.18. The minimum absolute atomic E-state index is 0.183. The normalized spacial score (nSPS) is 10.2. The molecule has 0 bridgehead atoms. The maximum absolute atomic E-state index is 12.8. The molecule has 0 saturated carbocycles. The molecule has 0 unspecified atom stereocenters. The molecule has 0 saturated heterocycles. The Morgan fingerprint density at radius 1 is 0.765 bits per heavy atom. The van der Waals surface area contributed by atoms with Gasteiger partial charge in [-0.25, -0.2) is 0 Å². The van der Waals surface area contributed by atoms with Crippen LogP contribution in [0.3, 0.4) is 0 Å². The van der Waals surface area contributed by atoms with E-state index in [2.05, 4.69) is 10.6 Å². The zero-order valence-corrected chi connectivity index (χ0v) is 20.2. The summed E-state index contributed by atoms with van der Waals surface area (Å²) in [5, 5.41) is 5.68. The zero-order chi connectivity index (χ0) is 24.5. The van der Waals surface area contributed by atoms with Crippen LogP contribution in [0.15, 0.2) is 65.6 Å². The number of methoxy groups -OCH3 is 4. The Bertz CT molecular complexity index is 1130.